The summed E-state index contributed by atoms with van der Waals surface area (Å²) in [7, 11) is 0. The third-order valence-electron chi connectivity index (χ3n) is 3.67. The third kappa shape index (κ3) is 3.63. The summed E-state index contributed by atoms with van der Waals surface area (Å²) in [6, 6.07) is 9.08. The van der Waals surface area contributed by atoms with Crippen LogP contribution in [-0.2, 0) is 0 Å². The van der Waals surface area contributed by atoms with Crippen molar-refractivity contribution in [3.05, 3.63) is 48.3 Å². The van der Waals surface area contributed by atoms with Crippen LogP contribution < -0.4 is 9.47 Å². The fraction of sp³-hybridized carbons (Fsp3) is 0.316. The molecule has 0 bridgehead atoms. The van der Waals surface area contributed by atoms with Crippen LogP contribution in [-0.4, -0.2) is 27.3 Å². The van der Waals surface area contributed by atoms with E-state index in [4.69, 9.17) is 9.47 Å². The summed E-state index contributed by atoms with van der Waals surface area (Å²) in [5.74, 6) is 0.484. The van der Waals surface area contributed by atoms with Gasteiger partial charge in [0, 0.05) is 17.6 Å². The number of carbonyl (C=O) groups is 1. The van der Waals surface area contributed by atoms with Gasteiger partial charge in [0.05, 0.1) is 18.4 Å². The van der Waals surface area contributed by atoms with Gasteiger partial charge in [0.15, 0.2) is 17.1 Å². The molecule has 0 N–H and O–H groups in total. The fourth-order valence-electron chi connectivity index (χ4n) is 2.45. The molecule has 0 aliphatic heterocycles. The molecule has 0 atom stereocenters. The maximum atomic E-state index is 12.5. The molecule has 0 radical (unpaired) electrons. The predicted octanol–water partition coefficient (Wildman–Crippen LogP) is 4.02. The molecule has 2 aromatic heterocycles. The molecular formula is C19H21N3O3. The molecule has 0 amide bonds. The van der Waals surface area contributed by atoms with Gasteiger partial charge >= 0.3 is 5.97 Å². The van der Waals surface area contributed by atoms with Crippen molar-refractivity contribution in [2.75, 3.05) is 6.61 Å². The van der Waals surface area contributed by atoms with Crippen molar-refractivity contribution >= 4 is 17.0 Å². The third-order valence-corrected chi connectivity index (χ3v) is 3.67. The van der Waals surface area contributed by atoms with Gasteiger partial charge in [0.1, 0.15) is 0 Å². The van der Waals surface area contributed by atoms with E-state index >= 15 is 0 Å². The Labute approximate surface area is 146 Å². The van der Waals surface area contributed by atoms with E-state index in [9.17, 15) is 4.79 Å². The lowest BCUT2D eigenvalue weighted by Gasteiger charge is -2.11. The lowest BCUT2D eigenvalue weighted by Crippen LogP contribution is -2.10. The summed E-state index contributed by atoms with van der Waals surface area (Å²) in [5, 5.41) is 5.11. The van der Waals surface area contributed by atoms with Crippen molar-refractivity contribution in [2.45, 2.75) is 33.2 Å². The van der Waals surface area contributed by atoms with Crippen molar-refractivity contribution in [3.8, 4) is 11.5 Å². The summed E-state index contributed by atoms with van der Waals surface area (Å²) in [6.45, 7) is 6.65. The van der Waals surface area contributed by atoms with Gasteiger partial charge in [-0.1, -0.05) is 19.1 Å². The molecule has 0 saturated heterocycles. The number of benzene rings is 1. The monoisotopic (exact) mass is 339 g/mol. The summed E-state index contributed by atoms with van der Waals surface area (Å²) in [4.78, 5) is 16.8. The number of ether oxygens (including phenoxy) is 2. The highest BCUT2D eigenvalue weighted by Gasteiger charge is 2.15. The number of pyridine rings is 1. The molecule has 0 unspecified atom stereocenters. The Bertz CT molecular complexity index is 887. The van der Waals surface area contributed by atoms with Crippen LogP contribution in [0.15, 0.2) is 42.7 Å². The highest BCUT2D eigenvalue weighted by molar-refractivity contribution is 5.94. The first-order valence-corrected chi connectivity index (χ1v) is 8.37. The van der Waals surface area contributed by atoms with Gasteiger partial charge in [-0.2, -0.15) is 5.10 Å². The highest BCUT2D eigenvalue weighted by Crippen LogP contribution is 2.27. The molecule has 1 aromatic carbocycles. The molecular weight excluding hydrogens is 318 g/mol. The second-order valence-electron chi connectivity index (χ2n) is 6.00. The maximum absolute atomic E-state index is 12.5. The minimum Gasteiger partial charge on any atom is -0.490 e. The SMILES string of the molecule is CCCOc1ccccc1OC(=O)c1cnc2c(cnn2C(C)C)c1. The maximum Gasteiger partial charge on any atom is 0.345 e. The Morgan fingerprint density at radius 2 is 1.96 bits per heavy atom. The summed E-state index contributed by atoms with van der Waals surface area (Å²) >= 11 is 0. The highest BCUT2D eigenvalue weighted by atomic mass is 16.6. The van der Waals surface area contributed by atoms with Crippen LogP contribution in [0.1, 0.15) is 43.6 Å². The number of esters is 1. The van der Waals surface area contributed by atoms with Crippen LogP contribution in [0.2, 0.25) is 0 Å². The van der Waals surface area contributed by atoms with Gasteiger partial charge in [0.25, 0.3) is 0 Å². The first-order chi connectivity index (χ1) is 12.1. The average molecular weight is 339 g/mol. The molecule has 6 heteroatoms. The number of hydrogen-bond acceptors (Lipinski definition) is 5. The van der Waals surface area contributed by atoms with Crippen molar-refractivity contribution < 1.29 is 14.3 Å². The van der Waals surface area contributed by atoms with E-state index < -0.39 is 5.97 Å². The van der Waals surface area contributed by atoms with E-state index in [0.29, 0.717) is 23.7 Å². The molecule has 0 aliphatic rings. The minimum absolute atomic E-state index is 0.199. The first kappa shape index (κ1) is 17.0. The number of fused-ring (bicyclic) bond motifs is 1. The summed E-state index contributed by atoms with van der Waals surface area (Å²) < 4.78 is 12.9. The van der Waals surface area contributed by atoms with Crippen LogP contribution in [0.5, 0.6) is 11.5 Å². The van der Waals surface area contributed by atoms with Crippen molar-refractivity contribution in [1.82, 2.24) is 14.8 Å². The second-order valence-corrected chi connectivity index (χ2v) is 6.00. The number of aromatic nitrogens is 3. The quantitative estimate of drug-likeness (QED) is 0.501. The van der Waals surface area contributed by atoms with Crippen molar-refractivity contribution in [3.63, 3.8) is 0 Å². The second kappa shape index (κ2) is 7.34. The van der Waals surface area contributed by atoms with Gasteiger partial charge in [-0.3, -0.25) is 0 Å². The van der Waals surface area contributed by atoms with E-state index in [1.54, 1.807) is 30.5 Å². The Balaban J connectivity index is 1.83. The fourth-order valence-corrected chi connectivity index (χ4v) is 2.45. The first-order valence-electron chi connectivity index (χ1n) is 8.37. The van der Waals surface area contributed by atoms with E-state index in [-0.39, 0.29) is 6.04 Å². The van der Waals surface area contributed by atoms with Gasteiger partial charge in [-0.25, -0.2) is 14.5 Å². The van der Waals surface area contributed by atoms with Crippen LogP contribution in [0.25, 0.3) is 11.0 Å². The summed E-state index contributed by atoms with van der Waals surface area (Å²) in [5.41, 5.74) is 1.12. The number of hydrogen-bond donors (Lipinski definition) is 0. The molecule has 0 fully saturated rings. The topological polar surface area (TPSA) is 66.2 Å². The zero-order chi connectivity index (χ0) is 17.8. The molecule has 6 nitrogen and oxygen atoms in total. The molecule has 3 rings (SSSR count). The molecule has 0 aliphatic carbocycles. The summed E-state index contributed by atoms with van der Waals surface area (Å²) in [6.07, 6.45) is 4.10. The Morgan fingerprint density at radius 1 is 1.20 bits per heavy atom. The largest absolute Gasteiger partial charge is 0.490 e. The standard InChI is InChI=1S/C19H21N3O3/c1-4-9-24-16-7-5-6-8-17(16)25-19(23)15-10-14-12-21-22(13(2)3)18(14)20-11-15/h5-8,10-13H,4,9H2,1-3H3. The Hall–Kier alpha value is -2.89. The molecule has 130 valence electrons. The Kier molecular flexibility index (Phi) is 4.97. The van der Waals surface area contributed by atoms with Gasteiger partial charge in [-0.15, -0.1) is 0 Å². The van der Waals surface area contributed by atoms with Crippen molar-refractivity contribution in [1.29, 1.82) is 0 Å². The van der Waals surface area contributed by atoms with Crippen LogP contribution in [0.3, 0.4) is 0 Å². The van der Waals surface area contributed by atoms with Gasteiger partial charge < -0.3 is 9.47 Å². The molecule has 3 aromatic rings. The number of nitrogens with zero attached hydrogens (tertiary/aromatic N) is 3. The molecule has 2 heterocycles. The molecule has 0 saturated carbocycles. The van der Waals surface area contributed by atoms with E-state index in [1.807, 2.05) is 31.5 Å². The molecule has 25 heavy (non-hydrogen) atoms. The van der Waals surface area contributed by atoms with Crippen LogP contribution >= 0.6 is 0 Å². The van der Waals surface area contributed by atoms with Crippen molar-refractivity contribution in [2.24, 2.45) is 0 Å². The van der Waals surface area contributed by atoms with E-state index in [0.717, 1.165) is 17.5 Å². The van der Waals surface area contributed by atoms with Gasteiger partial charge in [0.2, 0.25) is 0 Å². The van der Waals surface area contributed by atoms with Crippen LogP contribution in [0.4, 0.5) is 0 Å². The lowest BCUT2D eigenvalue weighted by atomic mass is 10.2. The number of para-hydroxylation sites is 2. The normalized spacial score (nSPS) is 11.0. The predicted molar refractivity (Wildman–Crippen MR) is 95.1 cm³/mol. The van der Waals surface area contributed by atoms with Crippen LogP contribution in [0, 0.1) is 0 Å². The number of rotatable bonds is 6. The van der Waals surface area contributed by atoms with E-state index in [1.165, 1.54) is 6.20 Å². The number of carbonyl (C=O) groups excluding carboxylic acids is 1. The minimum atomic E-state index is -0.473. The van der Waals surface area contributed by atoms with Gasteiger partial charge in [-0.05, 0) is 38.5 Å². The smallest absolute Gasteiger partial charge is 0.345 e. The lowest BCUT2D eigenvalue weighted by molar-refractivity contribution is 0.0728. The average Bonchev–Trinajstić information content (AvgIpc) is 3.04. The Morgan fingerprint density at radius 3 is 2.68 bits per heavy atom. The van der Waals surface area contributed by atoms with E-state index in [2.05, 4.69) is 10.1 Å². The zero-order valence-electron chi connectivity index (χ0n) is 14.6. The molecule has 0 spiro atoms. The zero-order valence-corrected chi connectivity index (χ0v) is 14.6.